The molecule has 1 saturated carbocycles. The quantitative estimate of drug-likeness (QED) is 0.800. The Morgan fingerprint density at radius 3 is 2.71 bits per heavy atom. The average molecular weight is 385 g/mol. The van der Waals surface area contributed by atoms with E-state index in [9.17, 15) is 9.59 Å². The molecule has 4 rings (SSSR count). The number of rotatable bonds is 4. The molecule has 0 N–H and O–H groups in total. The Morgan fingerprint density at radius 2 is 1.93 bits per heavy atom. The van der Waals surface area contributed by atoms with Gasteiger partial charge in [-0.1, -0.05) is 25.7 Å². The molecular weight excluding hydrogens is 352 g/mol. The first-order valence-electron chi connectivity index (χ1n) is 11.0. The van der Waals surface area contributed by atoms with Gasteiger partial charge in [0.15, 0.2) is 0 Å². The van der Waals surface area contributed by atoms with Crippen LogP contribution in [-0.4, -0.2) is 51.2 Å². The van der Waals surface area contributed by atoms with Crippen molar-refractivity contribution in [1.29, 1.82) is 0 Å². The number of carbonyl (C=O) groups excluding carboxylic acids is 2. The zero-order valence-corrected chi connectivity index (χ0v) is 17.0. The van der Waals surface area contributed by atoms with Gasteiger partial charge >= 0.3 is 0 Å². The van der Waals surface area contributed by atoms with Gasteiger partial charge in [-0.3, -0.25) is 9.59 Å². The summed E-state index contributed by atoms with van der Waals surface area (Å²) in [6.45, 7) is 4.60. The highest BCUT2D eigenvalue weighted by molar-refractivity contribution is 5.76. The summed E-state index contributed by atoms with van der Waals surface area (Å²) in [6, 6.07) is 0. The van der Waals surface area contributed by atoms with Crippen molar-refractivity contribution in [2.75, 3.05) is 19.6 Å². The second-order valence-corrected chi connectivity index (χ2v) is 8.76. The lowest BCUT2D eigenvalue weighted by Crippen LogP contribution is -2.39. The van der Waals surface area contributed by atoms with Gasteiger partial charge in [0.25, 0.3) is 0 Å². The SMILES string of the molecule is CC(=O)N1CCCC(c2ncc3c(n2)CCN(C(=O)CCC2CCCC2)C3)C1. The maximum absolute atomic E-state index is 12.6. The monoisotopic (exact) mass is 384 g/mol. The molecule has 0 bridgehead atoms. The van der Waals surface area contributed by atoms with E-state index in [1.54, 1.807) is 6.92 Å². The van der Waals surface area contributed by atoms with Crippen LogP contribution >= 0.6 is 0 Å². The second kappa shape index (κ2) is 8.58. The molecule has 3 heterocycles. The maximum Gasteiger partial charge on any atom is 0.222 e. The standard InChI is InChI=1S/C22H32N4O2/c1-16(27)25-11-4-7-18(14-25)22-23-13-19-15-26(12-10-20(19)24-22)21(28)9-8-17-5-2-3-6-17/h13,17-18H,2-12,14-15H2,1H3. The van der Waals surface area contributed by atoms with Gasteiger partial charge in [0.2, 0.25) is 11.8 Å². The van der Waals surface area contributed by atoms with E-state index in [-0.39, 0.29) is 17.7 Å². The first-order chi connectivity index (χ1) is 13.6. The van der Waals surface area contributed by atoms with Crippen LogP contribution in [0.5, 0.6) is 0 Å². The number of aromatic nitrogens is 2. The van der Waals surface area contributed by atoms with Gasteiger partial charge in [0.05, 0.1) is 5.69 Å². The van der Waals surface area contributed by atoms with E-state index < -0.39 is 0 Å². The Hall–Kier alpha value is -1.98. The van der Waals surface area contributed by atoms with Crippen LogP contribution in [0.2, 0.25) is 0 Å². The van der Waals surface area contributed by atoms with Gasteiger partial charge in [0.1, 0.15) is 5.82 Å². The van der Waals surface area contributed by atoms with Crippen molar-refractivity contribution in [2.45, 2.75) is 77.2 Å². The molecule has 1 unspecified atom stereocenters. The van der Waals surface area contributed by atoms with Crippen molar-refractivity contribution in [3.05, 3.63) is 23.3 Å². The van der Waals surface area contributed by atoms with E-state index >= 15 is 0 Å². The van der Waals surface area contributed by atoms with Gasteiger partial charge in [-0.15, -0.1) is 0 Å². The largest absolute Gasteiger partial charge is 0.342 e. The summed E-state index contributed by atoms with van der Waals surface area (Å²) in [5.41, 5.74) is 2.17. The highest BCUT2D eigenvalue weighted by Crippen LogP contribution is 2.30. The topological polar surface area (TPSA) is 66.4 Å². The lowest BCUT2D eigenvalue weighted by Gasteiger charge is -2.32. The number of piperidine rings is 1. The molecule has 0 aromatic carbocycles. The maximum atomic E-state index is 12.6. The molecule has 6 nitrogen and oxygen atoms in total. The average Bonchev–Trinajstić information content (AvgIpc) is 3.25. The number of nitrogens with zero attached hydrogens (tertiary/aromatic N) is 4. The van der Waals surface area contributed by atoms with E-state index in [1.165, 1.54) is 25.7 Å². The van der Waals surface area contributed by atoms with E-state index in [4.69, 9.17) is 4.98 Å². The third-order valence-corrected chi connectivity index (χ3v) is 6.78. The number of carbonyl (C=O) groups is 2. The molecule has 0 radical (unpaired) electrons. The normalized spacial score (nSPS) is 23.0. The summed E-state index contributed by atoms with van der Waals surface area (Å²) >= 11 is 0. The Morgan fingerprint density at radius 1 is 1.11 bits per heavy atom. The van der Waals surface area contributed by atoms with Crippen molar-refractivity contribution in [1.82, 2.24) is 19.8 Å². The van der Waals surface area contributed by atoms with Gasteiger partial charge in [-0.25, -0.2) is 9.97 Å². The molecule has 0 spiro atoms. The first kappa shape index (κ1) is 19.3. The molecule has 3 aliphatic rings. The molecule has 28 heavy (non-hydrogen) atoms. The molecule has 1 aromatic heterocycles. The van der Waals surface area contributed by atoms with Crippen molar-refractivity contribution < 1.29 is 9.59 Å². The highest BCUT2D eigenvalue weighted by atomic mass is 16.2. The molecule has 152 valence electrons. The minimum Gasteiger partial charge on any atom is -0.342 e. The summed E-state index contributed by atoms with van der Waals surface area (Å²) in [7, 11) is 0. The number of likely N-dealkylation sites (tertiary alicyclic amines) is 1. The number of fused-ring (bicyclic) bond motifs is 1. The smallest absolute Gasteiger partial charge is 0.222 e. The van der Waals surface area contributed by atoms with Gasteiger partial charge in [-0.05, 0) is 25.2 Å². The predicted octanol–water partition coefficient (Wildman–Crippen LogP) is 3.06. The summed E-state index contributed by atoms with van der Waals surface area (Å²) in [6.07, 6.45) is 11.8. The highest BCUT2D eigenvalue weighted by Gasteiger charge is 2.28. The fraction of sp³-hybridized carbons (Fsp3) is 0.727. The van der Waals surface area contributed by atoms with Crippen LogP contribution in [-0.2, 0) is 22.6 Å². The van der Waals surface area contributed by atoms with E-state index in [1.807, 2.05) is 16.0 Å². The van der Waals surface area contributed by atoms with Gasteiger partial charge in [0, 0.05) is 63.6 Å². The Balaban J connectivity index is 1.36. The second-order valence-electron chi connectivity index (χ2n) is 8.76. The predicted molar refractivity (Wildman–Crippen MR) is 107 cm³/mol. The zero-order chi connectivity index (χ0) is 19.5. The molecule has 1 aliphatic carbocycles. The molecule has 6 heteroatoms. The number of hydrogen-bond donors (Lipinski definition) is 0. The molecule has 1 saturated heterocycles. The summed E-state index contributed by atoms with van der Waals surface area (Å²) < 4.78 is 0. The molecule has 1 atom stereocenters. The van der Waals surface area contributed by atoms with E-state index in [0.29, 0.717) is 13.0 Å². The minimum absolute atomic E-state index is 0.134. The van der Waals surface area contributed by atoms with E-state index in [0.717, 1.165) is 68.3 Å². The Bertz CT molecular complexity index is 729. The van der Waals surface area contributed by atoms with Crippen LogP contribution in [0, 0.1) is 5.92 Å². The zero-order valence-electron chi connectivity index (χ0n) is 17.0. The Labute approximate surface area is 167 Å². The summed E-state index contributed by atoms with van der Waals surface area (Å²) in [4.78, 5) is 37.7. The third kappa shape index (κ3) is 4.36. The van der Waals surface area contributed by atoms with Crippen molar-refractivity contribution in [3.8, 4) is 0 Å². The molecule has 2 fully saturated rings. The van der Waals surface area contributed by atoms with E-state index in [2.05, 4.69) is 4.98 Å². The van der Waals surface area contributed by atoms with Crippen molar-refractivity contribution >= 4 is 11.8 Å². The van der Waals surface area contributed by atoms with Crippen LogP contribution in [0.25, 0.3) is 0 Å². The summed E-state index contributed by atoms with van der Waals surface area (Å²) in [5, 5.41) is 0. The first-order valence-corrected chi connectivity index (χ1v) is 11.0. The molecule has 2 amide bonds. The minimum atomic E-state index is 0.134. The number of hydrogen-bond acceptors (Lipinski definition) is 4. The molecular formula is C22H32N4O2. The van der Waals surface area contributed by atoms with Crippen LogP contribution in [0.1, 0.15) is 81.3 Å². The number of amides is 2. The van der Waals surface area contributed by atoms with Crippen molar-refractivity contribution in [3.63, 3.8) is 0 Å². The summed E-state index contributed by atoms with van der Waals surface area (Å²) in [5.74, 6) is 2.28. The van der Waals surface area contributed by atoms with Crippen LogP contribution in [0.15, 0.2) is 6.20 Å². The molecule has 2 aliphatic heterocycles. The molecule has 1 aromatic rings. The third-order valence-electron chi connectivity index (χ3n) is 6.78. The van der Waals surface area contributed by atoms with Crippen molar-refractivity contribution in [2.24, 2.45) is 5.92 Å². The van der Waals surface area contributed by atoms with Crippen LogP contribution in [0.4, 0.5) is 0 Å². The van der Waals surface area contributed by atoms with Crippen LogP contribution < -0.4 is 0 Å². The fourth-order valence-corrected chi connectivity index (χ4v) is 5.00. The van der Waals surface area contributed by atoms with Crippen LogP contribution in [0.3, 0.4) is 0 Å². The van der Waals surface area contributed by atoms with Gasteiger partial charge in [-0.2, -0.15) is 0 Å². The fourth-order valence-electron chi connectivity index (χ4n) is 5.00. The van der Waals surface area contributed by atoms with Gasteiger partial charge < -0.3 is 9.80 Å². The Kier molecular flexibility index (Phi) is 5.93. The lowest BCUT2D eigenvalue weighted by molar-refractivity contribution is -0.132. The lowest BCUT2D eigenvalue weighted by atomic mass is 9.96.